The number of hydrogen-bond acceptors (Lipinski definition) is 6. The summed E-state index contributed by atoms with van der Waals surface area (Å²) in [6.07, 6.45) is 2.38. The largest absolute Gasteiger partial charge is 0.378 e. The molecule has 0 spiro atoms. The van der Waals surface area contributed by atoms with E-state index in [1.165, 1.54) is 11.3 Å². The number of ketones is 1. The molecule has 1 unspecified atom stereocenters. The zero-order valence-corrected chi connectivity index (χ0v) is 17.8. The molecule has 1 fully saturated rings. The zero-order valence-electron chi connectivity index (χ0n) is 16.9. The minimum atomic E-state index is -0.602. The fourth-order valence-electron chi connectivity index (χ4n) is 3.56. The topological polar surface area (TPSA) is 91.3 Å². The molecule has 1 amide bonds. The molecule has 2 heterocycles. The quantitative estimate of drug-likeness (QED) is 0.559. The second kappa shape index (κ2) is 9.75. The van der Waals surface area contributed by atoms with E-state index in [2.05, 4.69) is 15.6 Å². The van der Waals surface area contributed by atoms with E-state index in [0.717, 1.165) is 13.0 Å². The van der Waals surface area contributed by atoms with Crippen LogP contribution in [0.25, 0.3) is 0 Å². The zero-order chi connectivity index (χ0) is 20.1. The highest BCUT2D eigenvalue weighted by atomic mass is 32.1. The number of nitrogens with one attached hydrogen (secondary N) is 2. The maximum atomic E-state index is 13.2. The van der Waals surface area contributed by atoms with Crippen molar-refractivity contribution in [2.24, 2.45) is 29.6 Å². The number of hydrogen-bond donors (Lipinski definition) is 3. The molecule has 0 aromatic carbocycles. The van der Waals surface area contributed by atoms with Crippen LogP contribution in [0.5, 0.6) is 0 Å². The molecule has 5 atom stereocenters. The molecule has 2 rings (SSSR count). The van der Waals surface area contributed by atoms with Gasteiger partial charge >= 0.3 is 0 Å². The maximum absolute atomic E-state index is 13.2. The van der Waals surface area contributed by atoms with Gasteiger partial charge in [0.05, 0.1) is 0 Å². The number of amides is 1. The third kappa shape index (κ3) is 5.59. The predicted molar refractivity (Wildman–Crippen MR) is 107 cm³/mol. The number of nitrogens with zero attached hydrogens (tertiary/aromatic N) is 1. The van der Waals surface area contributed by atoms with E-state index in [4.69, 9.17) is 0 Å². The standard InChI is InChI=1S/C20H33N3O3S/c1-11(2)13(5)18(25)23-16(12(3)4)15(10-14-6-7-21-19(14)26)17(24)20-22-8-9-27-20/h8-9,11-16,19,21,26H,6-7,10H2,1-5H3,(H,23,25)/t13-,14-,15+,16-,19?/m0/s1. The van der Waals surface area contributed by atoms with Gasteiger partial charge in [-0.1, -0.05) is 34.6 Å². The van der Waals surface area contributed by atoms with Gasteiger partial charge in [-0.3, -0.25) is 14.9 Å². The lowest BCUT2D eigenvalue weighted by Crippen LogP contribution is -2.49. The molecule has 0 radical (unpaired) electrons. The molecule has 1 aromatic rings. The molecule has 7 heteroatoms. The highest BCUT2D eigenvalue weighted by Gasteiger charge is 2.38. The smallest absolute Gasteiger partial charge is 0.223 e. The summed E-state index contributed by atoms with van der Waals surface area (Å²) >= 11 is 1.33. The lowest BCUT2D eigenvalue weighted by Gasteiger charge is -2.33. The van der Waals surface area contributed by atoms with Gasteiger partial charge in [-0.15, -0.1) is 11.3 Å². The van der Waals surface area contributed by atoms with Crippen LogP contribution < -0.4 is 10.6 Å². The number of carbonyl (C=O) groups excluding carboxylic acids is 2. The van der Waals surface area contributed by atoms with Crippen LogP contribution in [-0.4, -0.2) is 40.6 Å². The molecular weight excluding hydrogens is 362 g/mol. The lowest BCUT2D eigenvalue weighted by atomic mass is 9.80. The molecule has 0 aliphatic carbocycles. The average Bonchev–Trinajstić information content (AvgIpc) is 3.28. The van der Waals surface area contributed by atoms with E-state index in [1.807, 2.05) is 34.6 Å². The van der Waals surface area contributed by atoms with E-state index in [1.54, 1.807) is 11.6 Å². The van der Waals surface area contributed by atoms with Crippen molar-refractivity contribution in [1.29, 1.82) is 0 Å². The van der Waals surface area contributed by atoms with Crippen molar-refractivity contribution in [3.8, 4) is 0 Å². The molecule has 1 saturated heterocycles. The van der Waals surface area contributed by atoms with Gasteiger partial charge in [0, 0.05) is 35.4 Å². The fourth-order valence-corrected chi connectivity index (χ4v) is 4.20. The molecule has 0 saturated carbocycles. The summed E-state index contributed by atoms with van der Waals surface area (Å²) in [5.41, 5.74) is 0. The Bertz CT molecular complexity index is 618. The summed E-state index contributed by atoms with van der Waals surface area (Å²) < 4.78 is 0. The van der Waals surface area contributed by atoms with E-state index < -0.39 is 12.1 Å². The number of aliphatic hydroxyl groups excluding tert-OH is 1. The van der Waals surface area contributed by atoms with E-state index >= 15 is 0 Å². The minimum Gasteiger partial charge on any atom is -0.378 e. The van der Waals surface area contributed by atoms with Gasteiger partial charge in [0.15, 0.2) is 10.8 Å². The van der Waals surface area contributed by atoms with E-state index in [-0.39, 0.29) is 41.4 Å². The van der Waals surface area contributed by atoms with Crippen LogP contribution in [0.4, 0.5) is 0 Å². The van der Waals surface area contributed by atoms with Gasteiger partial charge in [-0.25, -0.2) is 4.98 Å². The normalized spacial score (nSPS) is 23.4. The lowest BCUT2D eigenvalue weighted by molar-refractivity contribution is -0.127. The van der Waals surface area contributed by atoms with Crippen molar-refractivity contribution < 1.29 is 14.7 Å². The molecule has 6 nitrogen and oxygen atoms in total. The summed E-state index contributed by atoms with van der Waals surface area (Å²) in [7, 11) is 0. The number of Topliss-reactive ketones (excluding diaryl/α,β-unsaturated/α-hetero) is 1. The number of rotatable bonds is 9. The maximum Gasteiger partial charge on any atom is 0.223 e. The van der Waals surface area contributed by atoms with Gasteiger partial charge in [-0.05, 0) is 31.2 Å². The van der Waals surface area contributed by atoms with Crippen molar-refractivity contribution in [2.45, 2.75) is 59.7 Å². The predicted octanol–water partition coefficient (Wildman–Crippen LogP) is 2.69. The van der Waals surface area contributed by atoms with Crippen molar-refractivity contribution >= 4 is 23.0 Å². The summed E-state index contributed by atoms with van der Waals surface area (Å²) in [6.45, 7) is 10.8. The summed E-state index contributed by atoms with van der Waals surface area (Å²) in [5, 5.41) is 18.6. The van der Waals surface area contributed by atoms with E-state index in [9.17, 15) is 14.7 Å². The number of thiazole rings is 1. The Morgan fingerprint density at radius 3 is 2.48 bits per heavy atom. The van der Waals surface area contributed by atoms with Gasteiger partial charge < -0.3 is 10.4 Å². The summed E-state index contributed by atoms with van der Waals surface area (Å²) in [4.78, 5) is 30.1. The third-order valence-corrected chi connectivity index (χ3v) is 6.51. The van der Waals surface area contributed by atoms with Gasteiger partial charge in [0.1, 0.15) is 6.23 Å². The molecular formula is C20H33N3O3S. The second-order valence-electron chi connectivity index (χ2n) is 8.30. The van der Waals surface area contributed by atoms with E-state index in [0.29, 0.717) is 11.4 Å². The van der Waals surface area contributed by atoms with Crippen molar-refractivity contribution in [2.75, 3.05) is 6.54 Å². The number of aromatic nitrogens is 1. The molecule has 1 aliphatic rings. The fraction of sp³-hybridized carbons (Fsp3) is 0.750. The summed E-state index contributed by atoms with van der Waals surface area (Å²) in [5.74, 6) is -0.272. The Morgan fingerprint density at radius 1 is 1.30 bits per heavy atom. The molecule has 1 aliphatic heterocycles. The highest BCUT2D eigenvalue weighted by molar-refractivity contribution is 7.11. The first-order chi connectivity index (χ1) is 12.7. The van der Waals surface area contributed by atoms with Crippen molar-refractivity contribution in [1.82, 2.24) is 15.6 Å². The minimum absolute atomic E-state index is 0.000383. The number of carbonyl (C=O) groups is 2. The number of aliphatic hydroxyl groups is 1. The van der Waals surface area contributed by atoms with Crippen LogP contribution in [0.15, 0.2) is 11.6 Å². The van der Waals surface area contributed by atoms with Crippen molar-refractivity contribution in [3.05, 3.63) is 16.6 Å². The van der Waals surface area contributed by atoms with Crippen molar-refractivity contribution in [3.63, 3.8) is 0 Å². The first-order valence-corrected chi connectivity index (χ1v) is 10.8. The Balaban J connectivity index is 2.26. The summed E-state index contributed by atoms with van der Waals surface area (Å²) in [6, 6.07) is -0.289. The van der Waals surface area contributed by atoms with Crippen LogP contribution in [0.3, 0.4) is 0 Å². The first kappa shape index (κ1) is 22.0. The average molecular weight is 396 g/mol. The Labute approximate surface area is 166 Å². The van der Waals surface area contributed by atoms with Crippen LogP contribution >= 0.6 is 11.3 Å². The Morgan fingerprint density at radius 2 is 2.00 bits per heavy atom. The van der Waals surface area contributed by atoms with Gasteiger partial charge in [-0.2, -0.15) is 0 Å². The highest BCUT2D eigenvalue weighted by Crippen LogP contribution is 2.30. The molecule has 3 N–H and O–H groups in total. The SMILES string of the molecule is CC(C)[C@H](C)C(=O)N[C@@H](C(C)C)[C@@H](C[C@@H]1CCNC1O)C(=O)c1nccs1. The third-order valence-electron chi connectivity index (χ3n) is 5.73. The molecule has 1 aromatic heterocycles. The van der Waals surface area contributed by atoms with Gasteiger partial charge in [0.25, 0.3) is 0 Å². The Kier molecular flexibility index (Phi) is 7.94. The van der Waals surface area contributed by atoms with Crippen LogP contribution in [-0.2, 0) is 4.79 Å². The Hall–Kier alpha value is -1.31. The molecule has 27 heavy (non-hydrogen) atoms. The van der Waals surface area contributed by atoms with Crippen LogP contribution in [0, 0.1) is 29.6 Å². The molecule has 0 bridgehead atoms. The molecule has 152 valence electrons. The first-order valence-electron chi connectivity index (χ1n) is 9.87. The van der Waals surface area contributed by atoms with Gasteiger partial charge in [0.2, 0.25) is 5.91 Å². The van der Waals surface area contributed by atoms with Crippen LogP contribution in [0.1, 0.15) is 57.3 Å². The van der Waals surface area contributed by atoms with Crippen LogP contribution in [0.2, 0.25) is 0 Å². The monoisotopic (exact) mass is 395 g/mol. The second-order valence-corrected chi connectivity index (χ2v) is 9.20.